The molecule has 28 heavy (non-hydrogen) atoms. The summed E-state index contributed by atoms with van der Waals surface area (Å²) in [4.78, 5) is 24.3. The highest BCUT2D eigenvalue weighted by molar-refractivity contribution is 5.95. The van der Waals surface area contributed by atoms with Gasteiger partial charge in [-0.1, -0.05) is 29.8 Å². The molecule has 144 valence electrons. The molecule has 0 saturated carbocycles. The zero-order chi connectivity index (χ0) is 19.9. The van der Waals surface area contributed by atoms with Gasteiger partial charge < -0.3 is 10.6 Å². The zero-order valence-electron chi connectivity index (χ0n) is 15.8. The Morgan fingerprint density at radius 3 is 2.54 bits per heavy atom. The van der Waals surface area contributed by atoms with Crippen LogP contribution >= 0.6 is 0 Å². The SMILES string of the molecule is Cc1ccc(NC(=O)CCNC(=O)c2ccc(Cn3cnnn3)cc2)c(C)c1. The van der Waals surface area contributed by atoms with Crippen LogP contribution in [0.25, 0.3) is 0 Å². The van der Waals surface area contributed by atoms with Crippen molar-refractivity contribution < 1.29 is 9.59 Å². The largest absolute Gasteiger partial charge is 0.352 e. The number of anilines is 1. The molecule has 0 fully saturated rings. The number of hydrogen-bond donors (Lipinski definition) is 2. The number of tetrazole rings is 1. The molecule has 2 aromatic carbocycles. The van der Waals surface area contributed by atoms with Crippen LogP contribution in [0.4, 0.5) is 5.69 Å². The van der Waals surface area contributed by atoms with E-state index in [0.29, 0.717) is 12.1 Å². The van der Waals surface area contributed by atoms with Gasteiger partial charge in [0.1, 0.15) is 6.33 Å². The van der Waals surface area contributed by atoms with Gasteiger partial charge in [-0.15, -0.1) is 5.10 Å². The second kappa shape index (κ2) is 8.90. The topological polar surface area (TPSA) is 102 Å². The second-order valence-electron chi connectivity index (χ2n) is 6.58. The summed E-state index contributed by atoms with van der Waals surface area (Å²) in [6, 6.07) is 13.0. The first kappa shape index (κ1) is 19.2. The predicted octanol–water partition coefficient (Wildman–Crippen LogP) is 2.10. The van der Waals surface area contributed by atoms with Crippen molar-refractivity contribution >= 4 is 17.5 Å². The Balaban J connectivity index is 1.45. The molecule has 2 amide bonds. The zero-order valence-corrected chi connectivity index (χ0v) is 15.8. The molecule has 3 rings (SSSR count). The maximum Gasteiger partial charge on any atom is 0.251 e. The number of carbonyl (C=O) groups excluding carboxylic acids is 2. The van der Waals surface area contributed by atoms with Crippen LogP contribution in [-0.4, -0.2) is 38.6 Å². The van der Waals surface area contributed by atoms with Crippen molar-refractivity contribution in [3.05, 3.63) is 71.0 Å². The Morgan fingerprint density at radius 1 is 1.07 bits per heavy atom. The van der Waals surface area contributed by atoms with Gasteiger partial charge in [-0.05, 0) is 53.6 Å². The van der Waals surface area contributed by atoms with Crippen LogP contribution in [0.1, 0.15) is 33.5 Å². The molecule has 0 unspecified atom stereocenters. The fraction of sp³-hybridized carbons (Fsp3) is 0.250. The Labute approximate surface area is 163 Å². The van der Waals surface area contributed by atoms with Crippen LogP contribution in [0.5, 0.6) is 0 Å². The van der Waals surface area contributed by atoms with E-state index in [1.165, 1.54) is 6.33 Å². The summed E-state index contributed by atoms with van der Waals surface area (Å²) in [7, 11) is 0. The molecular weight excluding hydrogens is 356 g/mol. The van der Waals surface area contributed by atoms with Gasteiger partial charge in [-0.2, -0.15) is 0 Å². The van der Waals surface area contributed by atoms with Gasteiger partial charge in [-0.3, -0.25) is 9.59 Å². The summed E-state index contributed by atoms with van der Waals surface area (Å²) in [5.74, 6) is -0.350. The molecule has 8 heteroatoms. The molecule has 0 atom stereocenters. The van der Waals surface area contributed by atoms with E-state index in [1.807, 2.05) is 44.2 Å². The lowest BCUT2D eigenvalue weighted by Crippen LogP contribution is -2.27. The fourth-order valence-corrected chi connectivity index (χ4v) is 2.76. The average Bonchev–Trinajstić information content (AvgIpc) is 3.17. The van der Waals surface area contributed by atoms with Gasteiger partial charge >= 0.3 is 0 Å². The van der Waals surface area contributed by atoms with Crippen LogP contribution in [0, 0.1) is 13.8 Å². The van der Waals surface area contributed by atoms with Crippen molar-refractivity contribution in [3.63, 3.8) is 0 Å². The monoisotopic (exact) mass is 378 g/mol. The first-order chi connectivity index (χ1) is 13.5. The minimum absolute atomic E-state index is 0.135. The third-order valence-electron chi connectivity index (χ3n) is 4.25. The highest BCUT2D eigenvalue weighted by Gasteiger charge is 2.08. The molecule has 3 aromatic rings. The summed E-state index contributed by atoms with van der Waals surface area (Å²) >= 11 is 0. The van der Waals surface area contributed by atoms with Gasteiger partial charge in [0, 0.05) is 24.2 Å². The van der Waals surface area contributed by atoms with Crippen LogP contribution in [-0.2, 0) is 11.3 Å². The quantitative estimate of drug-likeness (QED) is 0.655. The van der Waals surface area contributed by atoms with Crippen molar-refractivity contribution in [2.75, 3.05) is 11.9 Å². The number of aromatic nitrogens is 4. The number of benzene rings is 2. The number of nitrogens with zero attached hydrogens (tertiary/aromatic N) is 4. The lowest BCUT2D eigenvalue weighted by molar-refractivity contribution is -0.116. The van der Waals surface area contributed by atoms with Gasteiger partial charge in [-0.25, -0.2) is 4.68 Å². The number of amides is 2. The molecule has 1 aromatic heterocycles. The fourth-order valence-electron chi connectivity index (χ4n) is 2.76. The summed E-state index contributed by atoms with van der Waals surface area (Å²) in [6.07, 6.45) is 1.74. The van der Waals surface area contributed by atoms with Crippen LogP contribution in [0.2, 0.25) is 0 Å². The number of rotatable bonds is 7. The molecule has 8 nitrogen and oxygen atoms in total. The third-order valence-corrected chi connectivity index (χ3v) is 4.25. The van der Waals surface area contributed by atoms with Crippen molar-refractivity contribution in [2.24, 2.45) is 0 Å². The minimum atomic E-state index is -0.215. The number of hydrogen-bond acceptors (Lipinski definition) is 5. The standard InChI is InChI=1S/C20H22N6O2/c1-14-3-8-18(15(2)11-14)23-19(27)9-10-21-20(28)17-6-4-16(5-7-17)12-26-13-22-24-25-26/h3-8,11,13H,9-10,12H2,1-2H3,(H,21,28)(H,23,27). The van der Waals surface area contributed by atoms with Crippen molar-refractivity contribution in [1.82, 2.24) is 25.5 Å². The summed E-state index contributed by atoms with van der Waals surface area (Å²) in [5.41, 5.74) is 4.47. The van der Waals surface area contributed by atoms with Crippen LogP contribution in [0.15, 0.2) is 48.8 Å². The lowest BCUT2D eigenvalue weighted by Gasteiger charge is -2.10. The van der Waals surface area contributed by atoms with E-state index in [4.69, 9.17) is 0 Å². The van der Waals surface area contributed by atoms with Crippen molar-refractivity contribution in [1.29, 1.82) is 0 Å². The Hall–Kier alpha value is -3.55. The molecule has 0 spiro atoms. The van der Waals surface area contributed by atoms with Crippen molar-refractivity contribution in [3.8, 4) is 0 Å². The van der Waals surface area contributed by atoms with Crippen LogP contribution < -0.4 is 10.6 Å². The van der Waals surface area contributed by atoms with E-state index in [2.05, 4.69) is 26.2 Å². The third kappa shape index (κ3) is 5.23. The smallest absolute Gasteiger partial charge is 0.251 e. The predicted molar refractivity (Wildman–Crippen MR) is 105 cm³/mol. The number of nitrogens with one attached hydrogen (secondary N) is 2. The van der Waals surface area contributed by atoms with E-state index < -0.39 is 0 Å². The highest BCUT2D eigenvalue weighted by atomic mass is 16.2. The molecule has 0 radical (unpaired) electrons. The molecule has 2 N–H and O–H groups in total. The molecule has 1 heterocycles. The van der Waals surface area contributed by atoms with E-state index >= 15 is 0 Å². The Bertz CT molecular complexity index is 951. The molecule has 0 aliphatic carbocycles. The van der Waals surface area contributed by atoms with Gasteiger partial charge in [0.05, 0.1) is 6.54 Å². The summed E-state index contributed by atoms with van der Waals surface area (Å²) in [5, 5.41) is 16.6. The Morgan fingerprint density at radius 2 is 1.86 bits per heavy atom. The highest BCUT2D eigenvalue weighted by Crippen LogP contribution is 2.16. The summed E-state index contributed by atoms with van der Waals surface area (Å²) in [6.45, 7) is 4.76. The maximum absolute atomic E-state index is 12.2. The first-order valence-electron chi connectivity index (χ1n) is 8.96. The summed E-state index contributed by atoms with van der Waals surface area (Å²) < 4.78 is 1.60. The molecular formula is C20H22N6O2. The van der Waals surface area contributed by atoms with Crippen LogP contribution in [0.3, 0.4) is 0 Å². The molecule has 0 aliphatic heterocycles. The van der Waals surface area contributed by atoms with Gasteiger partial charge in [0.25, 0.3) is 5.91 Å². The average molecular weight is 378 g/mol. The Kier molecular flexibility index (Phi) is 6.11. The maximum atomic E-state index is 12.2. The number of aryl methyl sites for hydroxylation is 2. The lowest BCUT2D eigenvalue weighted by atomic mass is 10.1. The van der Waals surface area contributed by atoms with Gasteiger partial charge in [0.2, 0.25) is 5.91 Å². The van der Waals surface area contributed by atoms with E-state index in [9.17, 15) is 9.59 Å². The molecule has 0 aliphatic rings. The molecule has 0 bridgehead atoms. The van der Waals surface area contributed by atoms with Crippen molar-refractivity contribution in [2.45, 2.75) is 26.8 Å². The molecule has 0 saturated heterocycles. The first-order valence-corrected chi connectivity index (χ1v) is 8.96. The normalized spacial score (nSPS) is 10.5. The number of carbonyl (C=O) groups is 2. The van der Waals surface area contributed by atoms with E-state index in [-0.39, 0.29) is 24.8 Å². The minimum Gasteiger partial charge on any atom is -0.352 e. The second-order valence-corrected chi connectivity index (χ2v) is 6.58. The van der Waals surface area contributed by atoms with E-state index in [0.717, 1.165) is 22.4 Å². The van der Waals surface area contributed by atoms with E-state index in [1.54, 1.807) is 16.8 Å². The van der Waals surface area contributed by atoms with Gasteiger partial charge in [0.15, 0.2) is 0 Å².